The maximum Gasteiger partial charge on any atom is 0.319 e. The summed E-state index contributed by atoms with van der Waals surface area (Å²) >= 11 is 0. The van der Waals surface area contributed by atoms with E-state index in [-0.39, 0.29) is 11.9 Å². The van der Waals surface area contributed by atoms with Crippen LogP contribution in [0.3, 0.4) is 0 Å². The van der Waals surface area contributed by atoms with Crippen LogP contribution < -0.4 is 0 Å². The molecule has 1 fully saturated rings. The zero-order chi connectivity index (χ0) is 17.1. The fourth-order valence-electron chi connectivity index (χ4n) is 2.85. The summed E-state index contributed by atoms with van der Waals surface area (Å²) in [5.74, 6) is 0.0195. The molecule has 0 radical (unpaired) electrons. The molecule has 1 aliphatic rings. The Balaban J connectivity index is 1.62. The Kier molecular flexibility index (Phi) is 4.55. The average molecular weight is 326 g/mol. The van der Waals surface area contributed by atoms with Crippen LogP contribution in [0.2, 0.25) is 0 Å². The second-order valence-electron chi connectivity index (χ2n) is 6.09. The lowest BCUT2D eigenvalue weighted by Gasteiger charge is -2.36. The van der Waals surface area contributed by atoms with Gasteiger partial charge in [0.2, 0.25) is 0 Å². The molecule has 0 saturated carbocycles. The third kappa shape index (κ3) is 3.27. The van der Waals surface area contributed by atoms with Crippen molar-refractivity contribution in [3.8, 4) is 5.69 Å². The van der Waals surface area contributed by atoms with E-state index in [1.807, 2.05) is 58.3 Å². The number of rotatable bonds is 2. The van der Waals surface area contributed by atoms with E-state index in [4.69, 9.17) is 0 Å². The normalized spacial score (nSPS) is 14.6. The predicted octanol–water partition coefficient (Wildman–Crippen LogP) is 1.92. The molecule has 1 aromatic heterocycles. The first kappa shape index (κ1) is 16.1. The summed E-state index contributed by atoms with van der Waals surface area (Å²) in [5, 5.41) is 0. The summed E-state index contributed by atoms with van der Waals surface area (Å²) in [6.07, 6.45) is 3.94. The molecule has 6 nitrogen and oxygen atoms in total. The lowest BCUT2D eigenvalue weighted by molar-refractivity contribution is 0.0650. The summed E-state index contributed by atoms with van der Waals surface area (Å²) in [4.78, 5) is 29.7. The minimum atomic E-state index is -0.00169. The van der Waals surface area contributed by atoms with Gasteiger partial charge in [-0.1, -0.05) is 0 Å². The maximum absolute atomic E-state index is 12.6. The van der Waals surface area contributed by atoms with E-state index in [0.29, 0.717) is 31.7 Å². The number of aromatic nitrogens is 1. The maximum atomic E-state index is 12.6. The van der Waals surface area contributed by atoms with Crippen LogP contribution in [0.1, 0.15) is 10.4 Å². The Hall–Kier alpha value is -2.76. The molecule has 0 unspecified atom stereocenters. The number of hydrogen-bond acceptors (Lipinski definition) is 2. The Bertz CT molecular complexity index is 699. The molecule has 1 saturated heterocycles. The van der Waals surface area contributed by atoms with E-state index in [1.54, 1.807) is 23.9 Å². The number of piperazine rings is 1. The van der Waals surface area contributed by atoms with Crippen LogP contribution in [0.5, 0.6) is 0 Å². The van der Waals surface area contributed by atoms with Gasteiger partial charge in [0, 0.05) is 63.9 Å². The van der Waals surface area contributed by atoms with Crippen LogP contribution in [0.4, 0.5) is 4.79 Å². The van der Waals surface area contributed by atoms with Gasteiger partial charge in [-0.05, 0) is 36.4 Å². The largest absolute Gasteiger partial charge is 0.335 e. The molecule has 3 rings (SSSR count). The Morgan fingerprint density at radius 3 is 1.96 bits per heavy atom. The molecule has 0 N–H and O–H groups in total. The zero-order valence-corrected chi connectivity index (χ0v) is 14.1. The lowest BCUT2D eigenvalue weighted by Crippen LogP contribution is -2.52. The van der Waals surface area contributed by atoms with Gasteiger partial charge >= 0.3 is 6.03 Å². The molecule has 126 valence electrons. The van der Waals surface area contributed by atoms with Gasteiger partial charge in [0.05, 0.1) is 0 Å². The number of urea groups is 1. The van der Waals surface area contributed by atoms with Crippen LogP contribution in [0.25, 0.3) is 5.69 Å². The Labute approximate surface area is 141 Å². The molecule has 6 heteroatoms. The van der Waals surface area contributed by atoms with Gasteiger partial charge in [0.15, 0.2) is 0 Å². The van der Waals surface area contributed by atoms with Gasteiger partial charge in [-0.2, -0.15) is 0 Å². The van der Waals surface area contributed by atoms with E-state index < -0.39 is 0 Å². The smallest absolute Gasteiger partial charge is 0.319 e. The predicted molar refractivity (Wildman–Crippen MR) is 92.3 cm³/mol. The van der Waals surface area contributed by atoms with Crippen LogP contribution in [-0.4, -0.2) is 71.5 Å². The van der Waals surface area contributed by atoms with Crippen molar-refractivity contribution in [2.24, 2.45) is 0 Å². The molecule has 0 spiro atoms. The first-order valence-electron chi connectivity index (χ1n) is 8.05. The van der Waals surface area contributed by atoms with E-state index in [0.717, 1.165) is 5.69 Å². The third-order valence-corrected chi connectivity index (χ3v) is 4.24. The molecule has 2 aromatic rings. The average Bonchev–Trinajstić information content (AvgIpc) is 3.15. The number of hydrogen-bond donors (Lipinski definition) is 0. The zero-order valence-electron chi connectivity index (χ0n) is 14.1. The number of carbonyl (C=O) groups is 2. The summed E-state index contributed by atoms with van der Waals surface area (Å²) in [7, 11) is 3.48. The summed E-state index contributed by atoms with van der Waals surface area (Å²) in [6.45, 7) is 2.28. The topological polar surface area (TPSA) is 48.8 Å². The van der Waals surface area contributed by atoms with E-state index in [1.165, 1.54) is 0 Å². The van der Waals surface area contributed by atoms with E-state index in [9.17, 15) is 9.59 Å². The number of carbonyl (C=O) groups excluding carboxylic acids is 2. The first-order chi connectivity index (χ1) is 11.6. The fourth-order valence-corrected chi connectivity index (χ4v) is 2.85. The minimum absolute atomic E-state index is 0.00169. The van der Waals surface area contributed by atoms with E-state index in [2.05, 4.69) is 0 Å². The van der Waals surface area contributed by atoms with Crippen molar-refractivity contribution in [2.45, 2.75) is 0 Å². The summed E-state index contributed by atoms with van der Waals surface area (Å²) in [5.41, 5.74) is 1.70. The van der Waals surface area contributed by atoms with Gasteiger partial charge in [-0.15, -0.1) is 0 Å². The van der Waals surface area contributed by atoms with Crippen molar-refractivity contribution in [1.82, 2.24) is 19.3 Å². The quantitative estimate of drug-likeness (QED) is 0.846. The third-order valence-electron chi connectivity index (χ3n) is 4.24. The SMILES string of the molecule is CN(C)C(=O)N1CCN(C(=O)c2ccc(-n3cccc3)cc2)CC1. The van der Waals surface area contributed by atoms with Crippen molar-refractivity contribution in [3.05, 3.63) is 54.4 Å². The fraction of sp³-hybridized carbons (Fsp3) is 0.333. The molecule has 24 heavy (non-hydrogen) atoms. The highest BCUT2D eigenvalue weighted by molar-refractivity contribution is 5.94. The van der Waals surface area contributed by atoms with Crippen molar-refractivity contribution in [3.63, 3.8) is 0 Å². The van der Waals surface area contributed by atoms with E-state index >= 15 is 0 Å². The van der Waals surface area contributed by atoms with Crippen molar-refractivity contribution in [2.75, 3.05) is 40.3 Å². The highest BCUT2D eigenvalue weighted by Gasteiger charge is 2.25. The van der Waals surface area contributed by atoms with Crippen LogP contribution >= 0.6 is 0 Å². The highest BCUT2D eigenvalue weighted by Crippen LogP contribution is 2.13. The van der Waals surface area contributed by atoms with Crippen LogP contribution in [-0.2, 0) is 0 Å². The Morgan fingerprint density at radius 1 is 0.875 bits per heavy atom. The van der Waals surface area contributed by atoms with Gasteiger partial charge < -0.3 is 19.3 Å². The van der Waals surface area contributed by atoms with Crippen LogP contribution in [0, 0.1) is 0 Å². The molecule has 2 heterocycles. The number of nitrogens with zero attached hydrogens (tertiary/aromatic N) is 4. The van der Waals surface area contributed by atoms with Crippen molar-refractivity contribution >= 4 is 11.9 Å². The number of amides is 3. The first-order valence-corrected chi connectivity index (χ1v) is 8.05. The molecule has 0 atom stereocenters. The monoisotopic (exact) mass is 326 g/mol. The molecule has 3 amide bonds. The van der Waals surface area contributed by atoms with Gasteiger partial charge in [-0.25, -0.2) is 4.79 Å². The molecular formula is C18H22N4O2. The standard InChI is InChI=1S/C18H22N4O2/c1-19(2)18(24)22-13-11-21(12-14-22)17(23)15-5-7-16(8-6-15)20-9-3-4-10-20/h3-10H,11-14H2,1-2H3. The second-order valence-corrected chi connectivity index (χ2v) is 6.09. The van der Waals surface area contributed by atoms with Crippen LogP contribution in [0.15, 0.2) is 48.8 Å². The highest BCUT2D eigenvalue weighted by atomic mass is 16.2. The summed E-state index contributed by atoms with van der Waals surface area (Å²) < 4.78 is 2.00. The lowest BCUT2D eigenvalue weighted by atomic mass is 10.1. The van der Waals surface area contributed by atoms with Gasteiger partial charge in [0.25, 0.3) is 5.91 Å². The molecule has 0 aliphatic carbocycles. The number of benzene rings is 1. The van der Waals surface area contributed by atoms with Gasteiger partial charge in [-0.3, -0.25) is 4.79 Å². The Morgan fingerprint density at radius 2 is 1.42 bits per heavy atom. The molecular weight excluding hydrogens is 304 g/mol. The van der Waals surface area contributed by atoms with Crippen molar-refractivity contribution in [1.29, 1.82) is 0 Å². The van der Waals surface area contributed by atoms with Gasteiger partial charge in [0.1, 0.15) is 0 Å². The molecule has 1 aromatic carbocycles. The second kappa shape index (κ2) is 6.78. The summed E-state index contributed by atoms with van der Waals surface area (Å²) in [6, 6.07) is 11.5. The van der Waals surface area contributed by atoms with Crippen molar-refractivity contribution < 1.29 is 9.59 Å². The molecule has 1 aliphatic heterocycles. The minimum Gasteiger partial charge on any atom is -0.335 e. The molecule has 0 bridgehead atoms.